The number of unbranched alkanes of at least 4 members (excludes halogenated alkanes) is 10. The third kappa shape index (κ3) is 10.0. The third-order valence-corrected chi connectivity index (χ3v) is 7.64. The minimum Gasteiger partial charge on any atom is -0.375 e. The highest BCUT2D eigenvalue weighted by Gasteiger charge is 2.39. The molecule has 2 aliphatic rings. The zero-order valence-corrected chi connectivity index (χ0v) is 20.8. The van der Waals surface area contributed by atoms with Gasteiger partial charge in [-0.15, -0.1) is 0 Å². The van der Waals surface area contributed by atoms with E-state index in [0.29, 0.717) is 30.3 Å². The van der Waals surface area contributed by atoms with E-state index in [1.807, 2.05) is 0 Å². The van der Waals surface area contributed by atoms with Crippen molar-refractivity contribution in [3.05, 3.63) is 0 Å². The summed E-state index contributed by atoms with van der Waals surface area (Å²) in [4.78, 5) is 0. The van der Waals surface area contributed by atoms with Crippen molar-refractivity contribution in [3.63, 3.8) is 0 Å². The molecule has 2 fully saturated rings. The number of rotatable bonds is 18. The molecule has 0 bridgehead atoms. The Labute approximate surface area is 189 Å². The molecule has 4 atom stereocenters. The highest BCUT2D eigenvalue weighted by Crippen LogP contribution is 2.38. The second-order valence-corrected chi connectivity index (χ2v) is 10.3. The van der Waals surface area contributed by atoms with Crippen molar-refractivity contribution >= 4 is 0 Å². The molecular formula is C28H54O2. The Morgan fingerprint density at radius 3 is 1.47 bits per heavy atom. The van der Waals surface area contributed by atoms with Gasteiger partial charge in [-0.2, -0.15) is 0 Å². The summed E-state index contributed by atoms with van der Waals surface area (Å²) in [6.45, 7) is 6.90. The van der Waals surface area contributed by atoms with Gasteiger partial charge in [0.25, 0.3) is 0 Å². The van der Waals surface area contributed by atoms with E-state index in [4.69, 9.17) is 9.47 Å². The van der Waals surface area contributed by atoms with Crippen molar-refractivity contribution in [1.82, 2.24) is 0 Å². The maximum Gasteiger partial charge on any atom is 0.0632 e. The van der Waals surface area contributed by atoms with Crippen LogP contribution in [-0.4, -0.2) is 24.4 Å². The Bertz CT molecular complexity index is 368. The van der Waals surface area contributed by atoms with Gasteiger partial charge in [0.1, 0.15) is 0 Å². The Balaban J connectivity index is 1.78. The summed E-state index contributed by atoms with van der Waals surface area (Å²) in [5, 5.41) is 0. The fourth-order valence-electron chi connectivity index (χ4n) is 5.71. The zero-order chi connectivity index (χ0) is 21.4. The average molecular weight is 423 g/mol. The lowest BCUT2D eigenvalue weighted by Crippen LogP contribution is -2.32. The minimum atomic E-state index is 0.469. The first-order chi connectivity index (χ1) is 14.8. The molecule has 178 valence electrons. The second kappa shape index (κ2) is 16.5. The highest BCUT2D eigenvalue weighted by molar-refractivity contribution is 4.88. The van der Waals surface area contributed by atoms with Crippen molar-refractivity contribution in [2.75, 3.05) is 0 Å². The fraction of sp³-hybridized carbons (Fsp3) is 1.00. The van der Waals surface area contributed by atoms with Crippen LogP contribution < -0.4 is 0 Å². The molecule has 0 aliphatic carbocycles. The topological polar surface area (TPSA) is 18.5 Å². The van der Waals surface area contributed by atoms with Crippen LogP contribution in [0, 0.1) is 5.92 Å². The van der Waals surface area contributed by atoms with Crippen LogP contribution in [0.4, 0.5) is 0 Å². The molecule has 2 aliphatic heterocycles. The quantitative estimate of drug-likeness (QED) is 0.205. The van der Waals surface area contributed by atoms with E-state index in [9.17, 15) is 0 Å². The van der Waals surface area contributed by atoms with Gasteiger partial charge in [0.15, 0.2) is 0 Å². The Morgan fingerprint density at radius 2 is 0.967 bits per heavy atom. The molecule has 2 nitrogen and oxygen atoms in total. The normalized spacial score (nSPS) is 27.7. The molecule has 0 N–H and O–H groups in total. The first kappa shape index (κ1) is 26.2. The number of hydrogen-bond acceptors (Lipinski definition) is 2. The summed E-state index contributed by atoms with van der Waals surface area (Å²) in [5.41, 5.74) is 0. The molecule has 0 aromatic carbocycles. The first-order valence-corrected chi connectivity index (χ1v) is 14.1. The van der Waals surface area contributed by atoms with Gasteiger partial charge in [-0.25, -0.2) is 0 Å². The molecular weight excluding hydrogens is 368 g/mol. The zero-order valence-electron chi connectivity index (χ0n) is 20.8. The van der Waals surface area contributed by atoms with Gasteiger partial charge in [0.2, 0.25) is 0 Å². The lowest BCUT2D eigenvalue weighted by molar-refractivity contribution is -0.0650. The summed E-state index contributed by atoms with van der Waals surface area (Å²) in [6.07, 6.45) is 28.8. The van der Waals surface area contributed by atoms with Gasteiger partial charge < -0.3 is 9.47 Å². The molecule has 2 saturated heterocycles. The van der Waals surface area contributed by atoms with Gasteiger partial charge in [-0.05, 0) is 44.9 Å². The van der Waals surface area contributed by atoms with Gasteiger partial charge in [0.05, 0.1) is 24.4 Å². The SMILES string of the molecule is CCCCCCCCCC(C1CCC(CCCCC)O1)C1CCC(CCCCC)O1. The Morgan fingerprint density at radius 1 is 0.533 bits per heavy atom. The number of hydrogen-bond donors (Lipinski definition) is 0. The minimum absolute atomic E-state index is 0.469. The maximum absolute atomic E-state index is 6.65. The molecule has 0 saturated carbocycles. The van der Waals surface area contributed by atoms with Gasteiger partial charge in [-0.3, -0.25) is 0 Å². The lowest BCUT2D eigenvalue weighted by Gasteiger charge is -2.29. The van der Waals surface area contributed by atoms with Crippen LogP contribution in [0.1, 0.15) is 149 Å². The summed E-state index contributed by atoms with van der Waals surface area (Å²) in [5.74, 6) is 0.646. The summed E-state index contributed by atoms with van der Waals surface area (Å²) in [6, 6.07) is 0. The maximum atomic E-state index is 6.65. The molecule has 2 heteroatoms. The standard InChI is InChI=1S/C28H54O2/c1-4-7-10-11-12-13-16-19-26(27-22-20-24(29-27)17-14-8-5-2)28-23-21-25(30-28)18-15-9-6-3/h24-28H,4-23H2,1-3H3. The lowest BCUT2D eigenvalue weighted by atomic mass is 9.87. The van der Waals surface area contributed by atoms with Crippen LogP contribution in [0.25, 0.3) is 0 Å². The van der Waals surface area contributed by atoms with Crippen LogP contribution in [0.2, 0.25) is 0 Å². The average Bonchev–Trinajstić information content (AvgIpc) is 3.41. The van der Waals surface area contributed by atoms with Crippen LogP contribution in [0.3, 0.4) is 0 Å². The van der Waals surface area contributed by atoms with E-state index in [0.717, 1.165) is 0 Å². The smallest absolute Gasteiger partial charge is 0.0632 e. The van der Waals surface area contributed by atoms with Crippen LogP contribution in [0.15, 0.2) is 0 Å². The summed E-state index contributed by atoms with van der Waals surface area (Å²) >= 11 is 0. The predicted octanol–water partition coefficient (Wildman–Crippen LogP) is 9.00. The fourth-order valence-corrected chi connectivity index (χ4v) is 5.71. The van der Waals surface area contributed by atoms with Crippen molar-refractivity contribution in [2.45, 2.75) is 174 Å². The third-order valence-electron chi connectivity index (χ3n) is 7.64. The monoisotopic (exact) mass is 422 g/mol. The summed E-state index contributed by atoms with van der Waals surface area (Å²) < 4.78 is 13.3. The molecule has 2 heterocycles. The Kier molecular flexibility index (Phi) is 14.4. The molecule has 30 heavy (non-hydrogen) atoms. The molecule has 0 spiro atoms. The van der Waals surface area contributed by atoms with Crippen molar-refractivity contribution in [3.8, 4) is 0 Å². The van der Waals surface area contributed by atoms with Gasteiger partial charge in [0, 0.05) is 5.92 Å². The van der Waals surface area contributed by atoms with E-state index in [-0.39, 0.29) is 0 Å². The van der Waals surface area contributed by atoms with E-state index >= 15 is 0 Å². The van der Waals surface area contributed by atoms with Crippen molar-refractivity contribution < 1.29 is 9.47 Å². The Hall–Kier alpha value is -0.0800. The van der Waals surface area contributed by atoms with Crippen LogP contribution >= 0.6 is 0 Å². The second-order valence-electron chi connectivity index (χ2n) is 10.3. The molecule has 0 amide bonds. The first-order valence-electron chi connectivity index (χ1n) is 14.1. The molecule has 0 aromatic rings. The van der Waals surface area contributed by atoms with E-state index in [2.05, 4.69) is 20.8 Å². The summed E-state index contributed by atoms with van der Waals surface area (Å²) in [7, 11) is 0. The van der Waals surface area contributed by atoms with E-state index in [1.165, 1.54) is 128 Å². The molecule has 0 aromatic heterocycles. The number of ether oxygens (including phenoxy) is 2. The molecule has 2 rings (SSSR count). The van der Waals surface area contributed by atoms with Crippen LogP contribution in [0.5, 0.6) is 0 Å². The van der Waals surface area contributed by atoms with E-state index < -0.39 is 0 Å². The van der Waals surface area contributed by atoms with E-state index in [1.54, 1.807) is 0 Å². The van der Waals surface area contributed by atoms with Crippen molar-refractivity contribution in [2.24, 2.45) is 5.92 Å². The molecule has 0 radical (unpaired) electrons. The van der Waals surface area contributed by atoms with Gasteiger partial charge >= 0.3 is 0 Å². The van der Waals surface area contributed by atoms with Crippen LogP contribution in [-0.2, 0) is 9.47 Å². The largest absolute Gasteiger partial charge is 0.375 e. The van der Waals surface area contributed by atoms with Gasteiger partial charge in [-0.1, -0.05) is 104 Å². The highest BCUT2D eigenvalue weighted by atomic mass is 16.5. The predicted molar refractivity (Wildman–Crippen MR) is 130 cm³/mol. The van der Waals surface area contributed by atoms with Crippen molar-refractivity contribution in [1.29, 1.82) is 0 Å². The molecule has 4 unspecified atom stereocenters.